The minimum Gasteiger partial charge on any atom is -0.439 e. The van der Waals surface area contributed by atoms with Gasteiger partial charge in [-0.15, -0.1) is 0 Å². The van der Waals surface area contributed by atoms with Crippen LogP contribution >= 0.6 is 0 Å². The van der Waals surface area contributed by atoms with Crippen molar-refractivity contribution in [1.29, 1.82) is 0 Å². The topological polar surface area (TPSA) is 58.5 Å². The maximum atomic E-state index is 7.41. The van der Waals surface area contributed by atoms with Gasteiger partial charge in [0.2, 0.25) is 11.8 Å². The molecule has 0 atom stereocenters. The third-order valence-corrected chi connectivity index (χ3v) is 15.0. The molecule has 2 aromatic heterocycles. The van der Waals surface area contributed by atoms with Crippen molar-refractivity contribution in [1.82, 2.24) is 9.97 Å². The first kappa shape index (κ1) is 47.5. The molecule has 12 aromatic rings. The summed E-state index contributed by atoms with van der Waals surface area (Å²) in [4.78, 5) is 15.9. The van der Waals surface area contributed by atoms with E-state index in [1.165, 1.54) is 0 Å². The molecule has 1 aliphatic rings. The highest BCUT2D eigenvalue weighted by atomic mass is 16.4. The molecule has 0 saturated heterocycles. The van der Waals surface area contributed by atoms with Crippen molar-refractivity contribution in [2.24, 2.45) is 0 Å². The summed E-state index contributed by atoms with van der Waals surface area (Å²) in [6, 6.07) is 86.8. The van der Waals surface area contributed by atoms with Crippen molar-refractivity contribution < 1.29 is 8.83 Å². The highest BCUT2D eigenvalue weighted by Crippen LogP contribution is 2.63. The first-order valence-corrected chi connectivity index (χ1v) is 26.6. The quantitative estimate of drug-likeness (QED) is 0.136. The van der Waals surface area contributed by atoms with E-state index in [1.54, 1.807) is 0 Å². The second-order valence-corrected chi connectivity index (χ2v) is 22.2. The van der Waals surface area contributed by atoms with Gasteiger partial charge in [0.25, 0.3) is 0 Å². The van der Waals surface area contributed by atoms with Gasteiger partial charge in [0.05, 0.1) is 16.8 Å². The zero-order valence-corrected chi connectivity index (χ0v) is 44.2. The Bertz CT molecular complexity index is 3800. The van der Waals surface area contributed by atoms with Gasteiger partial charge in [0, 0.05) is 44.7 Å². The van der Waals surface area contributed by atoms with Gasteiger partial charge < -0.3 is 18.6 Å². The summed E-state index contributed by atoms with van der Waals surface area (Å²) in [6.45, 7) is 13.0. The van der Waals surface area contributed by atoms with Crippen molar-refractivity contribution in [2.75, 3.05) is 9.80 Å². The largest absolute Gasteiger partial charge is 0.439 e. The van der Waals surface area contributed by atoms with Gasteiger partial charge in [-0.1, -0.05) is 224 Å². The molecule has 0 saturated carbocycles. The van der Waals surface area contributed by atoms with Crippen LogP contribution in [-0.4, -0.2) is 9.97 Å². The average Bonchev–Trinajstić information content (AvgIpc) is 4.14. The summed E-state index contributed by atoms with van der Waals surface area (Å²) in [6.07, 6.45) is 0. The molecule has 0 aliphatic heterocycles. The Labute approximate surface area is 450 Å². The number of oxazole rings is 2. The normalized spacial score (nSPS) is 12.9. The highest BCUT2D eigenvalue weighted by Gasteiger charge is 2.51. The lowest BCUT2D eigenvalue weighted by Crippen LogP contribution is -2.29. The maximum absolute atomic E-state index is 7.41. The van der Waals surface area contributed by atoms with Crippen LogP contribution < -0.4 is 9.80 Å². The number of hydrogen-bond acceptors (Lipinski definition) is 6. The summed E-state index contributed by atoms with van der Waals surface area (Å²) >= 11 is 0. The van der Waals surface area contributed by atoms with Crippen LogP contribution in [-0.2, 0) is 16.2 Å². The number of aromatic nitrogens is 2. The molecule has 1 aliphatic carbocycles. The zero-order chi connectivity index (χ0) is 52.5. The molecule has 13 rings (SSSR count). The van der Waals surface area contributed by atoms with E-state index in [2.05, 4.69) is 294 Å². The van der Waals surface area contributed by atoms with Crippen molar-refractivity contribution in [3.8, 4) is 33.4 Å². The van der Waals surface area contributed by atoms with Gasteiger partial charge in [-0.3, -0.25) is 0 Å². The molecule has 6 heteroatoms. The monoisotopic (exact) mass is 998 g/mol. The highest BCUT2D eigenvalue weighted by molar-refractivity contribution is 6.14. The minimum absolute atomic E-state index is 0.438. The van der Waals surface area contributed by atoms with Crippen LogP contribution in [0, 0.1) is 0 Å². The molecule has 0 spiro atoms. The molecule has 2 heterocycles. The SMILES string of the molecule is CC(C)(C)c1nc2c(N(c3ccccc3)c3ccc(-c4ccccc4)cc3)cc3c(c2o1)-c1c(cc(N(c2ccccc2)c2ccc(-c4ccccc4)cc2)c2nc(C(C)(C)C)oc12)C3(c1ccccc1)c1ccccc1. The van der Waals surface area contributed by atoms with E-state index in [0.717, 1.165) is 101 Å². The molecule has 0 fully saturated rings. The molecule has 77 heavy (non-hydrogen) atoms. The van der Waals surface area contributed by atoms with Gasteiger partial charge in [0.1, 0.15) is 11.0 Å². The molecule has 374 valence electrons. The molecule has 0 N–H and O–H groups in total. The fourth-order valence-corrected chi connectivity index (χ4v) is 11.4. The summed E-state index contributed by atoms with van der Waals surface area (Å²) in [5.41, 5.74) is 17.6. The van der Waals surface area contributed by atoms with E-state index in [1.807, 2.05) is 0 Å². The Morgan fingerprint density at radius 3 is 0.948 bits per heavy atom. The number of benzene rings is 10. The first-order valence-electron chi connectivity index (χ1n) is 26.6. The van der Waals surface area contributed by atoms with Gasteiger partial charge in [-0.05, 0) is 105 Å². The van der Waals surface area contributed by atoms with Gasteiger partial charge in [-0.2, -0.15) is 0 Å². The van der Waals surface area contributed by atoms with Crippen LogP contribution in [0.25, 0.3) is 55.6 Å². The van der Waals surface area contributed by atoms with Crippen LogP contribution in [0.3, 0.4) is 0 Å². The van der Waals surface area contributed by atoms with Crippen molar-refractivity contribution >= 4 is 56.3 Å². The third-order valence-electron chi connectivity index (χ3n) is 15.0. The molecule has 0 radical (unpaired) electrons. The predicted octanol–water partition coefficient (Wildman–Crippen LogP) is 19.2. The van der Waals surface area contributed by atoms with Crippen LogP contribution in [0.15, 0.2) is 251 Å². The van der Waals surface area contributed by atoms with Crippen LogP contribution in [0.1, 0.15) is 75.6 Å². The number of fused-ring (bicyclic) bond motifs is 7. The van der Waals surface area contributed by atoms with Crippen molar-refractivity contribution in [3.63, 3.8) is 0 Å². The summed E-state index contributed by atoms with van der Waals surface area (Å²) in [5, 5.41) is 0. The predicted molar refractivity (Wildman–Crippen MR) is 317 cm³/mol. The third kappa shape index (κ3) is 8.02. The first-order chi connectivity index (χ1) is 37.5. The number of hydrogen-bond donors (Lipinski definition) is 0. The smallest absolute Gasteiger partial charge is 0.200 e. The number of rotatable bonds is 10. The Balaban J connectivity index is 1.18. The lowest BCUT2D eigenvalue weighted by Gasteiger charge is -2.35. The number of nitrogens with zero attached hydrogens (tertiary/aromatic N) is 4. The van der Waals surface area contributed by atoms with E-state index in [4.69, 9.17) is 18.8 Å². The van der Waals surface area contributed by atoms with Crippen molar-refractivity contribution in [2.45, 2.75) is 57.8 Å². The molecule has 10 aromatic carbocycles. The van der Waals surface area contributed by atoms with Gasteiger partial charge in [0.15, 0.2) is 11.2 Å². The van der Waals surface area contributed by atoms with E-state index in [9.17, 15) is 0 Å². The van der Waals surface area contributed by atoms with E-state index < -0.39 is 16.2 Å². The van der Waals surface area contributed by atoms with E-state index in [-0.39, 0.29) is 0 Å². The summed E-state index contributed by atoms with van der Waals surface area (Å²) in [5.74, 6) is 1.28. The zero-order valence-electron chi connectivity index (χ0n) is 44.2. The fourth-order valence-electron chi connectivity index (χ4n) is 11.4. The van der Waals surface area contributed by atoms with Crippen molar-refractivity contribution in [3.05, 3.63) is 277 Å². The molecular weight excluding hydrogens is 941 g/mol. The van der Waals surface area contributed by atoms with E-state index in [0.29, 0.717) is 22.9 Å². The molecule has 0 bridgehead atoms. The lowest BCUT2D eigenvalue weighted by atomic mass is 9.67. The van der Waals surface area contributed by atoms with Gasteiger partial charge in [-0.25, -0.2) is 9.97 Å². The standard InChI is InChI=1S/C71H58N4O2/c1-69(2,3)67-72-63-59(74(53-33-21-11-22-34-53)55-41-37-49(38-42-55)47-25-13-7-14-26-47)45-57-61(65(63)76-67)62-58(71(57,51-29-17-9-18-30-51)52-31-19-10-20-32-52)46-60(64-66(62)77-68(73-64)70(4,5)6)75(54-35-23-12-24-36-54)56-43-39-50(40-44-56)48-27-15-8-16-28-48/h7-46H,1-6H3. The second kappa shape index (κ2) is 18.5. The number of para-hydroxylation sites is 2. The Morgan fingerprint density at radius 1 is 0.338 bits per heavy atom. The fraction of sp³-hybridized carbons (Fsp3) is 0.127. The van der Waals surface area contributed by atoms with Crippen LogP contribution in [0.2, 0.25) is 0 Å². The Hall–Kier alpha value is -9.26. The average molecular weight is 999 g/mol. The van der Waals surface area contributed by atoms with Crippen LogP contribution in [0.5, 0.6) is 0 Å². The summed E-state index contributed by atoms with van der Waals surface area (Å²) < 4.78 is 14.8. The van der Waals surface area contributed by atoms with Crippen LogP contribution in [0.4, 0.5) is 34.1 Å². The number of anilines is 6. The molecule has 6 nitrogen and oxygen atoms in total. The van der Waals surface area contributed by atoms with E-state index >= 15 is 0 Å². The second-order valence-electron chi connectivity index (χ2n) is 22.2. The molecular formula is C71H58N4O2. The van der Waals surface area contributed by atoms with Gasteiger partial charge >= 0.3 is 0 Å². The Kier molecular flexibility index (Phi) is 11.4. The minimum atomic E-state index is -0.929. The lowest BCUT2D eigenvalue weighted by molar-refractivity contribution is 0.410. The maximum Gasteiger partial charge on any atom is 0.200 e. The molecule has 0 unspecified atom stereocenters. The molecule has 0 amide bonds. The summed E-state index contributed by atoms with van der Waals surface area (Å²) in [7, 11) is 0. The Morgan fingerprint density at radius 2 is 0.623 bits per heavy atom.